The second-order valence-corrected chi connectivity index (χ2v) is 5.89. The van der Waals surface area contributed by atoms with Crippen LogP contribution in [0.25, 0.3) is 0 Å². The summed E-state index contributed by atoms with van der Waals surface area (Å²) in [5.41, 5.74) is 0. The van der Waals surface area contributed by atoms with Gasteiger partial charge in [0.15, 0.2) is 5.16 Å². The molecule has 0 amide bonds. The van der Waals surface area contributed by atoms with Crippen molar-refractivity contribution in [3.8, 4) is 5.75 Å². The third-order valence-electron chi connectivity index (χ3n) is 3.09. The molecule has 0 atom stereocenters. The average Bonchev–Trinajstić information content (AvgIpc) is 3.22. The van der Waals surface area contributed by atoms with Gasteiger partial charge in [-0.3, -0.25) is 0 Å². The zero-order chi connectivity index (χ0) is 15.9. The Morgan fingerprint density at radius 3 is 2.87 bits per heavy atom. The molecule has 7 heteroatoms. The van der Waals surface area contributed by atoms with Crippen molar-refractivity contribution < 1.29 is 13.5 Å². The van der Waals surface area contributed by atoms with Crippen molar-refractivity contribution in [1.82, 2.24) is 14.8 Å². The predicted octanol–water partition coefficient (Wildman–Crippen LogP) is 3.62. The van der Waals surface area contributed by atoms with Crippen LogP contribution in [0.1, 0.15) is 12.2 Å². The van der Waals surface area contributed by atoms with Gasteiger partial charge >= 0.3 is 0 Å². The lowest BCUT2D eigenvalue weighted by Gasteiger charge is -2.06. The van der Waals surface area contributed by atoms with Gasteiger partial charge in [0.1, 0.15) is 23.7 Å². The largest absolute Gasteiger partial charge is 0.494 e. The van der Waals surface area contributed by atoms with Gasteiger partial charge in [0.05, 0.1) is 19.4 Å². The van der Waals surface area contributed by atoms with Gasteiger partial charge in [-0.25, -0.2) is 4.39 Å². The van der Waals surface area contributed by atoms with Gasteiger partial charge in [0, 0.05) is 5.75 Å². The first-order chi connectivity index (χ1) is 11.3. The number of aromatic nitrogens is 3. The molecule has 2 heterocycles. The minimum atomic E-state index is -0.260. The molecule has 0 fully saturated rings. The van der Waals surface area contributed by atoms with Crippen LogP contribution in [0.4, 0.5) is 4.39 Å². The number of ether oxygens (including phenoxy) is 1. The number of thioether (sulfide) groups is 1. The van der Waals surface area contributed by atoms with E-state index in [9.17, 15) is 4.39 Å². The predicted molar refractivity (Wildman–Crippen MR) is 85.1 cm³/mol. The van der Waals surface area contributed by atoms with E-state index in [2.05, 4.69) is 10.2 Å². The summed E-state index contributed by atoms with van der Waals surface area (Å²) in [4.78, 5) is 0. The molecule has 3 rings (SSSR count). The van der Waals surface area contributed by atoms with E-state index in [-0.39, 0.29) is 5.82 Å². The number of halogens is 1. The molecule has 0 bridgehead atoms. The van der Waals surface area contributed by atoms with Gasteiger partial charge in [0.25, 0.3) is 0 Å². The Labute approximate surface area is 137 Å². The summed E-state index contributed by atoms with van der Waals surface area (Å²) < 4.78 is 25.6. The van der Waals surface area contributed by atoms with Crippen molar-refractivity contribution >= 4 is 11.8 Å². The third kappa shape index (κ3) is 4.59. The van der Waals surface area contributed by atoms with Crippen molar-refractivity contribution in [2.24, 2.45) is 0 Å². The lowest BCUT2D eigenvalue weighted by molar-refractivity contribution is 0.318. The maximum Gasteiger partial charge on any atom is 0.191 e. The molecule has 0 aliphatic rings. The first-order valence-electron chi connectivity index (χ1n) is 7.22. The number of rotatable bonds is 8. The topological polar surface area (TPSA) is 53.1 Å². The van der Waals surface area contributed by atoms with Crippen molar-refractivity contribution in [1.29, 1.82) is 0 Å². The summed E-state index contributed by atoms with van der Waals surface area (Å²) in [7, 11) is 0. The molecule has 3 aromatic rings. The Kier molecular flexibility index (Phi) is 5.31. The molecule has 23 heavy (non-hydrogen) atoms. The zero-order valence-electron chi connectivity index (χ0n) is 12.4. The van der Waals surface area contributed by atoms with Crippen LogP contribution in [-0.2, 0) is 6.54 Å². The Balaban J connectivity index is 1.41. The third-order valence-corrected chi connectivity index (χ3v) is 4.16. The minimum absolute atomic E-state index is 0.260. The fourth-order valence-corrected chi connectivity index (χ4v) is 2.81. The molecule has 0 saturated heterocycles. The van der Waals surface area contributed by atoms with Gasteiger partial charge < -0.3 is 13.7 Å². The van der Waals surface area contributed by atoms with E-state index in [0.29, 0.717) is 18.9 Å². The normalized spacial score (nSPS) is 10.8. The molecule has 120 valence electrons. The highest BCUT2D eigenvalue weighted by molar-refractivity contribution is 7.99. The molecule has 1 aromatic carbocycles. The number of benzene rings is 1. The lowest BCUT2D eigenvalue weighted by atomic mass is 10.3. The summed E-state index contributed by atoms with van der Waals surface area (Å²) in [6, 6.07) is 9.82. The van der Waals surface area contributed by atoms with Gasteiger partial charge in [-0.05, 0) is 42.8 Å². The van der Waals surface area contributed by atoms with E-state index in [1.165, 1.54) is 12.1 Å². The smallest absolute Gasteiger partial charge is 0.191 e. The fraction of sp³-hybridized carbons (Fsp3) is 0.250. The van der Waals surface area contributed by atoms with E-state index in [0.717, 1.165) is 23.1 Å². The van der Waals surface area contributed by atoms with Crippen LogP contribution in [0.15, 0.2) is 58.6 Å². The molecular formula is C16H16FN3O2S. The number of nitrogens with zero attached hydrogens (tertiary/aromatic N) is 3. The van der Waals surface area contributed by atoms with E-state index >= 15 is 0 Å². The van der Waals surface area contributed by atoms with Crippen molar-refractivity contribution in [3.05, 3.63) is 60.6 Å². The van der Waals surface area contributed by atoms with Crippen LogP contribution in [-0.4, -0.2) is 27.1 Å². The SMILES string of the molecule is Fc1ccc(OCCCSc2nncn2Cc2ccco2)cc1. The molecule has 0 spiro atoms. The van der Waals surface area contributed by atoms with E-state index < -0.39 is 0 Å². The van der Waals surface area contributed by atoms with Gasteiger partial charge in [-0.1, -0.05) is 11.8 Å². The summed E-state index contributed by atoms with van der Waals surface area (Å²) >= 11 is 1.62. The zero-order valence-corrected chi connectivity index (χ0v) is 13.2. The molecule has 0 aliphatic carbocycles. The highest BCUT2D eigenvalue weighted by Crippen LogP contribution is 2.18. The summed E-state index contributed by atoms with van der Waals surface area (Å²) in [6.07, 6.45) is 4.20. The first-order valence-corrected chi connectivity index (χ1v) is 8.21. The quantitative estimate of drug-likeness (QED) is 0.465. The Morgan fingerprint density at radius 1 is 1.22 bits per heavy atom. The molecule has 5 nitrogen and oxygen atoms in total. The monoisotopic (exact) mass is 333 g/mol. The Hall–Kier alpha value is -2.28. The van der Waals surface area contributed by atoms with Crippen LogP contribution in [0.3, 0.4) is 0 Å². The highest BCUT2D eigenvalue weighted by Gasteiger charge is 2.07. The van der Waals surface area contributed by atoms with Crippen molar-refractivity contribution in [3.63, 3.8) is 0 Å². The molecule has 0 saturated carbocycles. The van der Waals surface area contributed by atoms with Crippen LogP contribution >= 0.6 is 11.8 Å². The second-order valence-electron chi connectivity index (χ2n) is 4.83. The molecule has 0 unspecified atom stereocenters. The Morgan fingerprint density at radius 2 is 2.09 bits per heavy atom. The summed E-state index contributed by atoms with van der Waals surface area (Å²) in [5.74, 6) is 2.14. The lowest BCUT2D eigenvalue weighted by Crippen LogP contribution is -2.02. The molecular weight excluding hydrogens is 317 g/mol. The Bertz CT molecular complexity index is 713. The summed E-state index contributed by atoms with van der Waals surface area (Å²) in [6.45, 7) is 1.19. The van der Waals surface area contributed by atoms with Crippen LogP contribution in [0.5, 0.6) is 5.75 Å². The van der Waals surface area contributed by atoms with Crippen LogP contribution in [0, 0.1) is 5.82 Å². The first kappa shape index (κ1) is 15.6. The van der Waals surface area contributed by atoms with E-state index in [1.54, 1.807) is 36.5 Å². The van der Waals surface area contributed by atoms with Gasteiger partial charge in [0.2, 0.25) is 0 Å². The van der Waals surface area contributed by atoms with Crippen molar-refractivity contribution in [2.75, 3.05) is 12.4 Å². The van der Waals surface area contributed by atoms with Gasteiger partial charge in [-0.2, -0.15) is 0 Å². The second kappa shape index (κ2) is 7.82. The van der Waals surface area contributed by atoms with E-state index in [1.807, 2.05) is 16.7 Å². The maximum absolute atomic E-state index is 12.8. The van der Waals surface area contributed by atoms with Crippen LogP contribution in [0.2, 0.25) is 0 Å². The molecule has 0 N–H and O–H groups in total. The molecule has 0 aliphatic heterocycles. The summed E-state index contributed by atoms with van der Waals surface area (Å²) in [5, 5.41) is 8.91. The van der Waals surface area contributed by atoms with Crippen molar-refractivity contribution in [2.45, 2.75) is 18.1 Å². The average molecular weight is 333 g/mol. The maximum atomic E-state index is 12.8. The highest BCUT2D eigenvalue weighted by atomic mass is 32.2. The molecule has 0 radical (unpaired) electrons. The van der Waals surface area contributed by atoms with Gasteiger partial charge in [-0.15, -0.1) is 10.2 Å². The number of hydrogen-bond acceptors (Lipinski definition) is 5. The standard InChI is InChI=1S/C16H16FN3O2S/c17-13-4-6-14(7-5-13)21-9-2-10-23-16-19-18-12-20(16)11-15-3-1-8-22-15/h1,3-8,12H,2,9-11H2. The number of furan rings is 1. The minimum Gasteiger partial charge on any atom is -0.494 e. The van der Waals surface area contributed by atoms with E-state index in [4.69, 9.17) is 9.15 Å². The fourth-order valence-electron chi connectivity index (χ4n) is 1.98. The number of hydrogen-bond donors (Lipinski definition) is 0. The van der Waals surface area contributed by atoms with Crippen LogP contribution < -0.4 is 4.74 Å². The molecule has 2 aromatic heterocycles.